The molecule has 1 aliphatic rings. The summed E-state index contributed by atoms with van der Waals surface area (Å²) < 4.78 is 51.5. The summed E-state index contributed by atoms with van der Waals surface area (Å²) in [5.74, 6) is -0.0443. The first-order valence-electron chi connectivity index (χ1n) is 7.95. The molecule has 0 aliphatic carbocycles. The predicted octanol–water partition coefficient (Wildman–Crippen LogP) is 0.706. The zero-order valence-corrected chi connectivity index (χ0v) is 16.1. The fourth-order valence-electron chi connectivity index (χ4n) is 2.83. The SMILES string of the molecule is CS(=O)(=O)c1cccc(OCC(=O)N2CCc3cc(S(N)(=O)=O)ccc32)c1. The molecule has 0 saturated carbocycles. The van der Waals surface area contributed by atoms with Crippen LogP contribution in [0.15, 0.2) is 52.3 Å². The molecule has 1 heterocycles. The maximum Gasteiger partial charge on any atom is 0.264 e. The van der Waals surface area contributed by atoms with Crippen LogP contribution in [0.1, 0.15) is 5.56 Å². The fourth-order valence-corrected chi connectivity index (χ4v) is 4.05. The Morgan fingerprint density at radius 3 is 2.52 bits per heavy atom. The lowest BCUT2D eigenvalue weighted by Gasteiger charge is -2.18. The van der Waals surface area contributed by atoms with Crippen molar-refractivity contribution in [2.24, 2.45) is 5.14 Å². The number of benzene rings is 2. The van der Waals surface area contributed by atoms with Gasteiger partial charge in [0.2, 0.25) is 10.0 Å². The third-order valence-electron chi connectivity index (χ3n) is 4.17. The van der Waals surface area contributed by atoms with Crippen LogP contribution in [-0.2, 0) is 31.1 Å². The normalized spacial score (nSPS) is 14.1. The first-order chi connectivity index (χ1) is 12.6. The van der Waals surface area contributed by atoms with Crippen LogP contribution < -0.4 is 14.8 Å². The van der Waals surface area contributed by atoms with E-state index in [1.807, 2.05) is 0 Å². The summed E-state index contributed by atoms with van der Waals surface area (Å²) in [6, 6.07) is 10.3. The van der Waals surface area contributed by atoms with Gasteiger partial charge in [-0.25, -0.2) is 22.0 Å². The van der Waals surface area contributed by atoms with Crippen molar-refractivity contribution in [3.63, 3.8) is 0 Å². The van der Waals surface area contributed by atoms with Crippen LogP contribution in [0.25, 0.3) is 0 Å². The number of carbonyl (C=O) groups is 1. The Balaban J connectivity index is 1.73. The molecule has 2 aromatic rings. The smallest absolute Gasteiger partial charge is 0.264 e. The number of amides is 1. The number of nitrogens with zero attached hydrogens (tertiary/aromatic N) is 1. The van der Waals surface area contributed by atoms with Crippen LogP contribution in [0, 0.1) is 0 Å². The van der Waals surface area contributed by atoms with Gasteiger partial charge in [0.1, 0.15) is 5.75 Å². The van der Waals surface area contributed by atoms with Crippen molar-refractivity contribution < 1.29 is 26.4 Å². The van der Waals surface area contributed by atoms with E-state index in [1.54, 1.807) is 12.1 Å². The summed E-state index contributed by atoms with van der Waals surface area (Å²) in [6.45, 7) is 0.124. The molecule has 0 radical (unpaired) electrons. The molecule has 0 atom stereocenters. The molecule has 1 amide bonds. The molecule has 0 saturated heterocycles. The monoisotopic (exact) mass is 410 g/mol. The van der Waals surface area contributed by atoms with E-state index >= 15 is 0 Å². The highest BCUT2D eigenvalue weighted by atomic mass is 32.2. The van der Waals surface area contributed by atoms with Crippen LogP contribution in [0.4, 0.5) is 5.69 Å². The first-order valence-corrected chi connectivity index (χ1v) is 11.4. The number of rotatable bonds is 5. The molecular formula is C17H18N2O6S2. The van der Waals surface area contributed by atoms with Gasteiger partial charge in [0.25, 0.3) is 5.91 Å². The summed E-state index contributed by atoms with van der Waals surface area (Å²) in [6.07, 6.45) is 1.60. The van der Waals surface area contributed by atoms with Gasteiger partial charge in [-0.05, 0) is 48.4 Å². The molecule has 0 bridgehead atoms. The van der Waals surface area contributed by atoms with E-state index in [0.29, 0.717) is 24.2 Å². The molecule has 10 heteroatoms. The molecule has 0 unspecified atom stereocenters. The third kappa shape index (κ3) is 4.29. The van der Waals surface area contributed by atoms with E-state index in [4.69, 9.17) is 9.88 Å². The van der Waals surface area contributed by atoms with Crippen LogP contribution in [0.3, 0.4) is 0 Å². The Kier molecular flexibility index (Phi) is 4.98. The lowest BCUT2D eigenvalue weighted by molar-refractivity contribution is -0.120. The second kappa shape index (κ2) is 6.95. The second-order valence-electron chi connectivity index (χ2n) is 6.17. The number of sulfone groups is 1. The van der Waals surface area contributed by atoms with Gasteiger partial charge >= 0.3 is 0 Å². The molecule has 3 rings (SSSR count). The van der Waals surface area contributed by atoms with E-state index < -0.39 is 19.9 Å². The molecule has 8 nitrogen and oxygen atoms in total. The van der Waals surface area contributed by atoms with Crippen molar-refractivity contribution in [3.05, 3.63) is 48.0 Å². The van der Waals surface area contributed by atoms with Crippen LogP contribution in [0.2, 0.25) is 0 Å². The number of nitrogens with two attached hydrogens (primary N) is 1. The number of fused-ring (bicyclic) bond motifs is 1. The number of hydrogen-bond donors (Lipinski definition) is 1. The molecule has 0 aromatic heterocycles. The minimum atomic E-state index is -3.80. The van der Waals surface area contributed by atoms with Crippen molar-refractivity contribution in [1.29, 1.82) is 0 Å². The number of sulfonamides is 1. The quantitative estimate of drug-likeness (QED) is 0.774. The number of hydrogen-bond acceptors (Lipinski definition) is 6. The highest BCUT2D eigenvalue weighted by Crippen LogP contribution is 2.30. The maximum absolute atomic E-state index is 12.5. The Hall–Kier alpha value is -2.43. The van der Waals surface area contributed by atoms with Gasteiger partial charge in [0.15, 0.2) is 16.4 Å². The minimum Gasteiger partial charge on any atom is -0.484 e. The van der Waals surface area contributed by atoms with Gasteiger partial charge < -0.3 is 9.64 Å². The average Bonchev–Trinajstić information content (AvgIpc) is 3.01. The summed E-state index contributed by atoms with van der Waals surface area (Å²) in [4.78, 5) is 14.1. The predicted molar refractivity (Wildman–Crippen MR) is 98.9 cm³/mol. The zero-order valence-electron chi connectivity index (χ0n) is 14.5. The van der Waals surface area contributed by atoms with E-state index in [0.717, 1.165) is 6.26 Å². The minimum absolute atomic E-state index is 0.00406. The first kappa shape index (κ1) is 19.3. The van der Waals surface area contributed by atoms with Gasteiger partial charge in [-0.15, -0.1) is 0 Å². The molecule has 144 valence electrons. The van der Waals surface area contributed by atoms with Crippen molar-refractivity contribution >= 4 is 31.5 Å². The molecular weight excluding hydrogens is 392 g/mol. The van der Waals surface area contributed by atoms with Crippen LogP contribution >= 0.6 is 0 Å². The Bertz CT molecular complexity index is 1110. The summed E-state index contributed by atoms with van der Waals surface area (Å²) in [7, 11) is -7.17. The summed E-state index contributed by atoms with van der Waals surface area (Å²) in [5, 5.41) is 5.13. The average molecular weight is 410 g/mol. The van der Waals surface area contributed by atoms with Gasteiger partial charge in [0, 0.05) is 18.5 Å². The molecule has 1 aliphatic heterocycles. The van der Waals surface area contributed by atoms with E-state index in [9.17, 15) is 21.6 Å². The summed E-state index contributed by atoms with van der Waals surface area (Å²) >= 11 is 0. The largest absolute Gasteiger partial charge is 0.484 e. The number of anilines is 1. The van der Waals surface area contributed by atoms with Crippen LogP contribution in [0.5, 0.6) is 5.75 Å². The van der Waals surface area contributed by atoms with Crippen molar-refractivity contribution in [2.45, 2.75) is 16.2 Å². The molecule has 2 N–H and O–H groups in total. The van der Waals surface area contributed by atoms with Gasteiger partial charge in [-0.3, -0.25) is 4.79 Å². The maximum atomic E-state index is 12.5. The standard InChI is InChI=1S/C17H18N2O6S2/c1-26(21,22)14-4-2-3-13(10-14)25-11-17(20)19-8-7-12-9-15(27(18,23)24)5-6-16(12)19/h2-6,9-10H,7-8,11H2,1H3,(H2,18,23,24). The lowest BCUT2D eigenvalue weighted by Crippen LogP contribution is -2.33. The molecule has 0 fully saturated rings. The van der Waals surface area contributed by atoms with Crippen molar-refractivity contribution in [1.82, 2.24) is 0 Å². The van der Waals surface area contributed by atoms with Gasteiger partial charge in [-0.2, -0.15) is 0 Å². The number of ether oxygens (including phenoxy) is 1. The third-order valence-corrected chi connectivity index (χ3v) is 6.19. The van der Waals surface area contributed by atoms with Crippen molar-refractivity contribution in [2.75, 3.05) is 24.3 Å². The zero-order chi connectivity index (χ0) is 19.8. The molecule has 2 aromatic carbocycles. The van der Waals surface area contributed by atoms with E-state index in [2.05, 4.69) is 0 Å². The van der Waals surface area contributed by atoms with Gasteiger partial charge in [-0.1, -0.05) is 6.07 Å². The number of primary sulfonamides is 1. The topological polar surface area (TPSA) is 124 Å². The van der Waals surface area contributed by atoms with E-state index in [-0.39, 0.29) is 28.1 Å². The summed E-state index contributed by atoms with van der Waals surface area (Å²) in [5.41, 5.74) is 1.33. The number of carbonyl (C=O) groups excluding carboxylic acids is 1. The molecule has 0 spiro atoms. The highest BCUT2D eigenvalue weighted by molar-refractivity contribution is 7.90. The van der Waals surface area contributed by atoms with Gasteiger partial charge in [0.05, 0.1) is 9.79 Å². The molecule has 27 heavy (non-hydrogen) atoms. The Morgan fingerprint density at radius 2 is 1.85 bits per heavy atom. The lowest BCUT2D eigenvalue weighted by atomic mass is 10.2. The Morgan fingerprint density at radius 1 is 1.11 bits per heavy atom. The van der Waals surface area contributed by atoms with E-state index in [1.165, 1.54) is 35.2 Å². The fraction of sp³-hybridized carbons (Fsp3) is 0.235. The van der Waals surface area contributed by atoms with Crippen molar-refractivity contribution in [3.8, 4) is 5.75 Å². The second-order valence-corrected chi connectivity index (χ2v) is 9.74. The highest BCUT2D eigenvalue weighted by Gasteiger charge is 2.26. The Labute approximate surface area is 157 Å². The van der Waals surface area contributed by atoms with Crippen LogP contribution in [-0.4, -0.2) is 42.2 Å².